The topological polar surface area (TPSA) is 32.3 Å². The Morgan fingerprint density at radius 2 is 2.22 bits per heavy atom. The van der Waals surface area contributed by atoms with Gasteiger partial charge in [-0.3, -0.25) is 9.69 Å². The van der Waals surface area contributed by atoms with Crippen LogP contribution < -0.4 is 5.32 Å². The van der Waals surface area contributed by atoms with Gasteiger partial charge in [0.15, 0.2) is 0 Å². The number of carbonyl (C=O) groups is 1. The maximum atomic E-state index is 10.9. The van der Waals surface area contributed by atoms with Crippen LogP contribution in [0.15, 0.2) is 15.9 Å². The molecular formula is C13H19BrN2OS. The van der Waals surface area contributed by atoms with Crippen LogP contribution in [-0.2, 0) is 11.3 Å². The average molecular weight is 331 g/mol. The molecule has 1 saturated heterocycles. The predicted molar refractivity (Wildman–Crippen MR) is 78.7 cm³/mol. The Hall–Kier alpha value is -0.390. The summed E-state index contributed by atoms with van der Waals surface area (Å²) in [6.45, 7) is 5.76. The summed E-state index contributed by atoms with van der Waals surface area (Å²) in [7, 11) is 0. The number of nitrogens with zero attached hydrogens (tertiary/aromatic N) is 1. The van der Waals surface area contributed by atoms with E-state index in [2.05, 4.69) is 38.3 Å². The molecule has 18 heavy (non-hydrogen) atoms. The molecule has 0 atom stereocenters. The minimum Gasteiger partial charge on any atom is -0.356 e. The second-order valence-corrected chi connectivity index (χ2v) is 7.41. The van der Waals surface area contributed by atoms with Gasteiger partial charge >= 0.3 is 0 Å². The highest BCUT2D eigenvalue weighted by Crippen LogP contribution is 2.25. The quantitative estimate of drug-likeness (QED) is 0.920. The van der Waals surface area contributed by atoms with Gasteiger partial charge in [-0.2, -0.15) is 0 Å². The first kappa shape index (κ1) is 14.0. The standard InChI is InChI=1S/C13H19BrN2OS/c1-10(17)15-8-11-4-6-16(7-5-11)9-12-2-3-13(14)18-12/h2-3,11H,4-9H2,1H3,(H,15,17). The molecule has 5 heteroatoms. The number of nitrogens with one attached hydrogen (secondary N) is 1. The maximum absolute atomic E-state index is 10.9. The van der Waals surface area contributed by atoms with Crippen LogP contribution in [0.3, 0.4) is 0 Å². The molecule has 3 nitrogen and oxygen atoms in total. The fourth-order valence-electron chi connectivity index (χ4n) is 2.29. The molecule has 1 aromatic heterocycles. The van der Waals surface area contributed by atoms with Crippen molar-refractivity contribution in [2.75, 3.05) is 19.6 Å². The first-order chi connectivity index (χ1) is 8.63. The number of rotatable bonds is 4. The second kappa shape index (κ2) is 6.68. The number of hydrogen-bond donors (Lipinski definition) is 1. The zero-order valence-electron chi connectivity index (χ0n) is 10.6. The molecular weight excluding hydrogens is 312 g/mol. The van der Waals surface area contributed by atoms with Crippen LogP contribution >= 0.6 is 27.3 Å². The Kier molecular flexibility index (Phi) is 5.21. The molecule has 1 aliphatic heterocycles. The van der Waals surface area contributed by atoms with Crippen LogP contribution in [0.25, 0.3) is 0 Å². The summed E-state index contributed by atoms with van der Waals surface area (Å²) < 4.78 is 1.21. The van der Waals surface area contributed by atoms with Crippen molar-refractivity contribution in [2.24, 2.45) is 5.92 Å². The number of piperidine rings is 1. The highest BCUT2D eigenvalue weighted by Gasteiger charge is 2.19. The molecule has 1 N–H and O–H groups in total. The molecule has 0 aromatic carbocycles. The van der Waals surface area contributed by atoms with Crippen molar-refractivity contribution < 1.29 is 4.79 Å². The number of likely N-dealkylation sites (tertiary alicyclic amines) is 1. The molecule has 1 fully saturated rings. The van der Waals surface area contributed by atoms with Crippen LogP contribution in [0, 0.1) is 5.92 Å². The molecule has 0 aliphatic carbocycles. The third-order valence-electron chi connectivity index (χ3n) is 3.36. The lowest BCUT2D eigenvalue weighted by atomic mass is 9.97. The van der Waals surface area contributed by atoms with E-state index in [0.29, 0.717) is 5.92 Å². The van der Waals surface area contributed by atoms with Gasteiger partial charge in [0.25, 0.3) is 0 Å². The average Bonchev–Trinajstić information content (AvgIpc) is 2.74. The Bertz CT molecular complexity index is 399. The molecule has 0 radical (unpaired) electrons. The van der Waals surface area contributed by atoms with E-state index in [1.165, 1.54) is 21.5 Å². The smallest absolute Gasteiger partial charge is 0.216 e. The van der Waals surface area contributed by atoms with Crippen molar-refractivity contribution in [1.82, 2.24) is 10.2 Å². The molecule has 1 aromatic rings. The molecule has 0 unspecified atom stereocenters. The number of amides is 1. The summed E-state index contributed by atoms with van der Waals surface area (Å²) in [6.07, 6.45) is 2.37. The van der Waals surface area contributed by atoms with Gasteiger partial charge in [-0.05, 0) is 59.9 Å². The fraction of sp³-hybridized carbons (Fsp3) is 0.615. The van der Waals surface area contributed by atoms with E-state index < -0.39 is 0 Å². The van der Waals surface area contributed by atoms with Crippen molar-refractivity contribution in [1.29, 1.82) is 0 Å². The molecule has 2 rings (SSSR count). The zero-order valence-corrected chi connectivity index (χ0v) is 13.0. The summed E-state index contributed by atoms with van der Waals surface area (Å²) >= 11 is 5.31. The van der Waals surface area contributed by atoms with E-state index in [4.69, 9.17) is 0 Å². The third kappa shape index (κ3) is 4.37. The first-order valence-electron chi connectivity index (χ1n) is 6.34. The minimum absolute atomic E-state index is 0.0841. The van der Waals surface area contributed by atoms with Gasteiger partial charge in [0.05, 0.1) is 3.79 Å². The van der Waals surface area contributed by atoms with Crippen LogP contribution in [-0.4, -0.2) is 30.4 Å². The lowest BCUT2D eigenvalue weighted by molar-refractivity contribution is -0.119. The minimum atomic E-state index is 0.0841. The van der Waals surface area contributed by atoms with E-state index >= 15 is 0 Å². The summed E-state index contributed by atoms with van der Waals surface area (Å²) in [6, 6.07) is 4.31. The number of carbonyl (C=O) groups excluding carboxylic acids is 1. The third-order valence-corrected chi connectivity index (χ3v) is 4.96. The normalized spacial score (nSPS) is 17.9. The van der Waals surface area contributed by atoms with Crippen LogP contribution in [0.1, 0.15) is 24.6 Å². The monoisotopic (exact) mass is 330 g/mol. The van der Waals surface area contributed by atoms with Crippen molar-refractivity contribution in [3.8, 4) is 0 Å². The molecule has 0 saturated carbocycles. The first-order valence-corrected chi connectivity index (χ1v) is 7.95. The van der Waals surface area contributed by atoms with Crippen LogP contribution in [0.4, 0.5) is 0 Å². The second-order valence-electron chi connectivity index (χ2n) is 4.86. The van der Waals surface area contributed by atoms with E-state index in [-0.39, 0.29) is 5.91 Å². The number of hydrogen-bond acceptors (Lipinski definition) is 3. The van der Waals surface area contributed by atoms with Crippen LogP contribution in [0.2, 0.25) is 0 Å². The number of halogens is 1. The SMILES string of the molecule is CC(=O)NCC1CCN(Cc2ccc(Br)s2)CC1. The lowest BCUT2D eigenvalue weighted by Gasteiger charge is -2.31. The highest BCUT2D eigenvalue weighted by atomic mass is 79.9. The molecule has 2 heterocycles. The largest absolute Gasteiger partial charge is 0.356 e. The Labute approximate surface area is 121 Å². The van der Waals surface area contributed by atoms with Crippen molar-refractivity contribution in [3.63, 3.8) is 0 Å². The Balaban J connectivity index is 1.71. The number of thiophene rings is 1. The van der Waals surface area contributed by atoms with Gasteiger partial charge in [-0.25, -0.2) is 0 Å². The zero-order chi connectivity index (χ0) is 13.0. The van der Waals surface area contributed by atoms with Gasteiger partial charge in [0, 0.05) is 24.9 Å². The summed E-state index contributed by atoms with van der Waals surface area (Å²) in [5, 5.41) is 2.92. The van der Waals surface area contributed by atoms with Gasteiger partial charge in [-0.15, -0.1) is 11.3 Å². The lowest BCUT2D eigenvalue weighted by Crippen LogP contribution is -2.37. The van der Waals surface area contributed by atoms with Crippen molar-refractivity contribution >= 4 is 33.2 Å². The predicted octanol–water partition coefficient (Wildman–Crippen LogP) is 2.86. The van der Waals surface area contributed by atoms with E-state index in [1.807, 2.05) is 11.3 Å². The van der Waals surface area contributed by atoms with Crippen molar-refractivity contribution in [3.05, 3.63) is 20.8 Å². The molecule has 1 aliphatic rings. The van der Waals surface area contributed by atoms with E-state index in [1.54, 1.807) is 6.92 Å². The highest BCUT2D eigenvalue weighted by molar-refractivity contribution is 9.11. The van der Waals surface area contributed by atoms with Gasteiger partial charge < -0.3 is 5.32 Å². The summed E-state index contributed by atoms with van der Waals surface area (Å²) in [5.74, 6) is 0.737. The van der Waals surface area contributed by atoms with Crippen molar-refractivity contribution in [2.45, 2.75) is 26.3 Å². The van der Waals surface area contributed by atoms with E-state index in [0.717, 1.165) is 26.2 Å². The van der Waals surface area contributed by atoms with Crippen LogP contribution in [0.5, 0.6) is 0 Å². The molecule has 0 spiro atoms. The molecule has 0 bridgehead atoms. The summed E-state index contributed by atoms with van der Waals surface area (Å²) in [5.41, 5.74) is 0. The molecule has 1 amide bonds. The fourth-order valence-corrected chi connectivity index (χ4v) is 3.82. The van der Waals surface area contributed by atoms with E-state index in [9.17, 15) is 4.79 Å². The Morgan fingerprint density at radius 1 is 1.50 bits per heavy atom. The van der Waals surface area contributed by atoms with Gasteiger partial charge in [-0.1, -0.05) is 0 Å². The molecule has 100 valence electrons. The van der Waals surface area contributed by atoms with Gasteiger partial charge in [0.1, 0.15) is 0 Å². The Morgan fingerprint density at radius 3 is 2.78 bits per heavy atom. The summed E-state index contributed by atoms with van der Waals surface area (Å²) in [4.78, 5) is 14.8. The van der Waals surface area contributed by atoms with Gasteiger partial charge in [0.2, 0.25) is 5.91 Å². The maximum Gasteiger partial charge on any atom is 0.216 e.